The van der Waals surface area contributed by atoms with Crippen LogP contribution in [-0.4, -0.2) is 69.6 Å². The molecule has 0 radical (unpaired) electrons. The molecule has 0 spiro atoms. The van der Waals surface area contributed by atoms with E-state index in [0.717, 1.165) is 0 Å². The van der Waals surface area contributed by atoms with E-state index in [-0.39, 0.29) is 34.9 Å². The summed E-state index contributed by atoms with van der Waals surface area (Å²) in [4.78, 5) is 26.7. The van der Waals surface area contributed by atoms with Crippen LogP contribution in [0.2, 0.25) is 0 Å². The lowest BCUT2D eigenvalue weighted by molar-refractivity contribution is -0.138. The quantitative estimate of drug-likeness (QED) is 0.598. The van der Waals surface area contributed by atoms with Crippen LogP contribution >= 0.6 is 0 Å². The van der Waals surface area contributed by atoms with Gasteiger partial charge in [-0.15, -0.1) is 0 Å². The zero-order chi connectivity index (χ0) is 20.9. The molecule has 0 saturated carbocycles. The van der Waals surface area contributed by atoms with Crippen molar-refractivity contribution in [3.05, 3.63) is 23.8 Å². The number of amides is 1. The Bertz CT molecular complexity index is 822. The number of hydrogen-bond acceptors (Lipinski definition) is 7. The van der Waals surface area contributed by atoms with Gasteiger partial charge in [0.1, 0.15) is 17.1 Å². The normalized spacial score (nSPS) is 18.9. The molecule has 28 heavy (non-hydrogen) atoms. The molecule has 1 aliphatic rings. The van der Waals surface area contributed by atoms with Crippen molar-refractivity contribution in [2.75, 3.05) is 32.3 Å². The molecule has 1 fully saturated rings. The van der Waals surface area contributed by atoms with Crippen LogP contribution in [-0.2, 0) is 19.4 Å². The highest BCUT2D eigenvalue weighted by atomic mass is 32.2. The van der Waals surface area contributed by atoms with E-state index in [1.165, 1.54) is 20.3 Å². The minimum atomic E-state index is -3.14. The predicted molar refractivity (Wildman–Crippen MR) is 103 cm³/mol. The summed E-state index contributed by atoms with van der Waals surface area (Å²) in [7, 11) is -0.219. The van der Waals surface area contributed by atoms with E-state index in [9.17, 15) is 18.0 Å². The predicted octanol–water partition coefficient (Wildman–Crippen LogP) is 1.67. The number of carbonyl (C=O) groups is 2. The molecule has 1 aliphatic heterocycles. The Kier molecular flexibility index (Phi) is 7.29. The third-order valence-corrected chi connectivity index (χ3v) is 6.66. The van der Waals surface area contributed by atoms with Gasteiger partial charge in [0.15, 0.2) is 16.4 Å². The van der Waals surface area contributed by atoms with Gasteiger partial charge in [0.05, 0.1) is 25.7 Å². The van der Waals surface area contributed by atoms with E-state index in [1.807, 2.05) is 13.8 Å². The second-order valence-electron chi connectivity index (χ2n) is 6.76. The van der Waals surface area contributed by atoms with Gasteiger partial charge in [-0.1, -0.05) is 6.92 Å². The summed E-state index contributed by atoms with van der Waals surface area (Å²) in [6.45, 7) is 3.31. The molecule has 8 nitrogen and oxygen atoms in total. The monoisotopic (exact) mass is 413 g/mol. The van der Waals surface area contributed by atoms with Crippen molar-refractivity contribution < 1.29 is 32.2 Å². The first-order chi connectivity index (χ1) is 13.2. The van der Waals surface area contributed by atoms with Crippen LogP contribution in [0.15, 0.2) is 18.2 Å². The average molecular weight is 413 g/mol. The number of carbonyl (C=O) groups excluding carboxylic acids is 2. The Morgan fingerprint density at radius 3 is 2.50 bits per heavy atom. The van der Waals surface area contributed by atoms with Gasteiger partial charge in [-0.05, 0) is 31.9 Å². The summed E-state index contributed by atoms with van der Waals surface area (Å²) in [5, 5.41) is 0. The fourth-order valence-electron chi connectivity index (χ4n) is 3.25. The minimum Gasteiger partial charge on any atom is -0.497 e. The number of sulfone groups is 1. The van der Waals surface area contributed by atoms with E-state index in [4.69, 9.17) is 14.2 Å². The van der Waals surface area contributed by atoms with Gasteiger partial charge < -0.3 is 19.1 Å². The van der Waals surface area contributed by atoms with Gasteiger partial charge in [-0.2, -0.15) is 0 Å². The van der Waals surface area contributed by atoms with E-state index in [0.29, 0.717) is 18.6 Å². The molecule has 156 valence electrons. The smallest absolute Gasteiger partial charge is 0.342 e. The third-order valence-electron chi connectivity index (χ3n) is 4.91. The molecule has 0 N–H and O–H groups in total. The lowest BCUT2D eigenvalue weighted by atomic mass is 10.1. The highest BCUT2D eigenvalue weighted by Gasteiger charge is 2.36. The van der Waals surface area contributed by atoms with Gasteiger partial charge in [-0.25, -0.2) is 13.2 Å². The lowest BCUT2D eigenvalue weighted by Crippen LogP contribution is -2.48. The van der Waals surface area contributed by atoms with Crippen molar-refractivity contribution >= 4 is 21.7 Å². The molecule has 2 unspecified atom stereocenters. The summed E-state index contributed by atoms with van der Waals surface area (Å²) in [6.07, 6.45) is 1.07. The van der Waals surface area contributed by atoms with Crippen LogP contribution in [0, 0.1) is 0 Å². The SMILES string of the molecule is CCC(C)N(C(=O)COC(=O)c1ccc(OC)cc1OC)C1CCS(=O)(=O)C1. The fourth-order valence-corrected chi connectivity index (χ4v) is 4.96. The molecule has 1 saturated heterocycles. The maximum absolute atomic E-state index is 12.7. The van der Waals surface area contributed by atoms with Gasteiger partial charge in [0.2, 0.25) is 0 Å². The van der Waals surface area contributed by atoms with Crippen LogP contribution in [0.3, 0.4) is 0 Å². The van der Waals surface area contributed by atoms with Gasteiger partial charge >= 0.3 is 5.97 Å². The van der Waals surface area contributed by atoms with Crippen molar-refractivity contribution in [2.45, 2.75) is 38.8 Å². The first kappa shape index (κ1) is 22.0. The molecule has 0 aliphatic carbocycles. The highest BCUT2D eigenvalue weighted by molar-refractivity contribution is 7.91. The first-order valence-corrected chi connectivity index (χ1v) is 10.9. The van der Waals surface area contributed by atoms with Crippen LogP contribution in [0.1, 0.15) is 37.0 Å². The van der Waals surface area contributed by atoms with E-state index < -0.39 is 28.3 Å². The summed E-state index contributed by atoms with van der Waals surface area (Å²) < 4.78 is 39.1. The Labute approximate surface area is 165 Å². The number of hydrogen-bond donors (Lipinski definition) is 0. The summed E-state index contributed by atoms with van der Waals surface area (Å²) in [5.41, 5.74) is 0.176. The summed E-state index contributed by atoms with van der Waals surface area (Å²) in [5.74, 6) is -0.287. The third kappa shape index (κ3) is 5.15. The highest BCUT2D eigenvalue weighted by Crippen LogP contribution is 2.26. The zero-order valence-electron chi connectivity index (χ0n) is 16.6. The molecule has 0 bridgehead atoms. The van der Waals surface area contributed by atoms with Gasteiger partial charge in [-0.3, -0.25) is 4.79 Å². The minimum absolute atomic E-state index is 0.0523. The number of ether oxygens (including phenoxy) is 3. The van der Waals surface area contributed by atoms with Crippen molar-refractivity contribution in [3.8, 4) is 11.5 Å². The average Bonchev–Trinajstić information content (AvgIpc) is 3.04. The van der Waals surface area contributed by atoms with Crippen LogP contribution < -0.4 is 9.47 Å². The topological polar surface area (TPSA) is 99.2 Å². The molecular formula is C19H27NO7S. The van der Waals surface area contributed by atoms with E-state index >= 15 is 0 Å². The second-order valence-corrected chi connectivity index (χ2v) is 8.99. The Balaban J connectivity index is 2.09. The molecule has 2 rings (SSSR count). The summed E-state index contributed by atoms with van der Waals surface area (Å²) >= 11 is 0. The molecule has 1 aromatic carbocycles. The number of esters is 1. The lowest BCUT2D eigenvalue weighted by Gasteiger charge is -2.33. The molecule has 1 amide bonds. The van der Waals surface area contributed by atoms with Crippen molar-refractivity contribution in [1.82, 2.24) is 4.90 Å². The molecule has 2 atom stereocenters. The molecule has 1 aromatic rings. The number of rotatable bonds is 8. The summed E-state index contributed by atoms with van der Waals surface area (Å²) in [6, 6.07) is 4.10. The van der Waals surface area contributed by atoms with Crippen molar-refractivity contribution in [2.24, 2.45) is 0 Å². The first-order valence-electron chi connectivity index (χ1n) is 9.13. The molecule has 9 heteroatoms. The molecule has 0 aromatic heterocycles. The Morgan fingerprint density at radius 1 is 1.25 bits per heavy atom. The van der Waals surface area contributed by atoms with Crippen molar-refractivity contribution in [3.63, 3.8) is 0 Å². The van der Waals surface area contributed by atoms with Crippen LogP contribution in [0.4, 0.5) is 0 Å². The van der Waals surface area contributed by atoms with Crippen molar-refractivity contribution in [1.29, 1.82) is 0 Å². The van der Waals surface area contributed by atoms with Gasteiger partial charge in [0.25, 0.3) is 5.91 Å². The maximum atomic E-state index is 12.7. The Hall–Kier alpha value is -2.29. The maximum Gasteiger partial charge on any atom is 0.342 e. The van der Waals surface area contributed by atoms with E-state index in [1.54, 1.807) is 17.0 Å². The van der Waals surface area contributed by atoms with E-state index in [2.05, 4.69) is 0 Å². The fraction of sp³-hybridized carbons (Fsp3) is 0.579. The number of methoxy groups -OCH3 is 2. The second kappa shape index (κ2) is 9.27. The molecule has 1 heterocycles. The van der Waals surface area contributed by atoms with Gasteiger partial charge in [0, 0.05) is 18.2 Å². The zero-order valence-corrected chi connectivity index (χ0v) is 17.5. The molecular weight excluding hydrogens is 386 g/mol. The largest absolute Gasteiger partial charge is 0.497 e. The van der Waals surface area contributed by atoms with Crippen LogP contribution in [0.5, 0.6) is 11.5 Å². The number of nitrogens with zero attached hydrogens (tertiary/aromatic N) is 1. The van der Waals surface area contributed by atoms with Crippen LogP contribution in [0.25, 0.3) is 0 Å². The number of benzene rings is 1. The standard InChI is InChI=1S/C19H27NO7S/c1-5-13(2)20(14-8-9-28(23,24)12-14)18(21)11-27-19(22)16-7-6-15(25-3)10-17(16)26-4/h6-7,10,13-14H,5,8-9,11-12H2,1-4H3. The Morgan fingerprint density at radius 2 is 1.96 bits per heavy atom.